The Morgan fingerprint density at radius 3 is 2.42 bits per heavy atom. The van der Waals surface area contributed by atoms with E-state index in [4.69, 9.17) is 9.72 Å². The molecule has 0 aliphatic carbocycles. The first-order valence-electron chi connectivity index (χ1n) is 11.6. The SMILES string of the molecule is COc1ccc(-c2nc(NC(=O)c3ccc([N+](=O)[O-])s3)c3cnn(-c4ccc(C(C)(C)C)cc4)c3n2)cn1. The van der Waals surface area contributed by atoms with Crippen molar-refractivity contribution in [3.8, 4) is 23.0 Å². The van der Waals surface area contributed by atoms with Crippen LogP contribution in [0.4, 0.5) is 10.8 Å². The number of nitro groups is 1. The third-order valence-corrected chi connectivity index (χ3v) is 6.87. The van der Waals surface area contributed by atoms with E-state index in [0.717, 1.165) is 17.0 Å². The predicted octanol–water partition coefficient (Wildman–Crippen LogP) is 5.41. The van der Waals surface area contributed by atoms with E-state index in [2.05, 4.69) is 41.2 Å². The molecule has 4 aromatic heterocycles. The number of amides is 1. The number of nitrogens with one attached hydrogen (secondary N) is 1. The molecule has 0 radical (unpaired) electrons. The molecule has 1 N–H and O–H groups in total. The van der Waals surface area contributed by atoms with Crippen molar-refractivity contribution in [1.82, 2.24) is 24.7 Å². The molecule has 5 aromatic rings. The van der Waals surface area contributed by atoms with E-state index in [9.17, 15) is 14.9 Å². The molecule has 0 unspecified atom stereocenters. The third-order valence-electron chi connectivity index (χ3n) is 5.84. The predicted molar refractivity (Wildman–Crippen MR) is 144 cm³/mol. The van der Waals surface area contributed by atoms with Crippen molar-refractivity contribution in [3.63, 3.8) is 0 Å². The Labute approximate surface area is 221 Å². The summed E-state index contributed by atoms with van der Waals surface area (Å²) in [5.74, 6) is 0.448. The van der Waals surface area contributed by atoms with Gasteiger partial charge in [-0.15, -0.1) is 0 Å². The van der Waals surface area contributed by atoms with Gasteiger partial charge in [0.15, 0.2) is 11.5 Å². The molecule has 0 atom stereocenters. The molecule has 12 heteroatoms. The monoisotopic (exact) mass is 529 g/mol. The lowest BCUT2D eigenvalue weighted by Crippen LogP contribution is -2.13. The molecule has 192 valence electrons. The van der Waals surface area contributed by atoms with Crippen molar-refractivity contribution in [2.45, 2.75) is 26.2 Å². The van der Waals surface area contributed by atoms with Crippen molar-refractivity contribution in [1.29, 1.82) is 0 Å². The molecule has 11 nitrogen and oxygen atoms in total. The highest BCUT2D eigenvalue weighted by Gasteiger charge is 2.21. The van der Waals surface area contributed by atoms with Crippen LogP contribution in [0.5, 0.6) is 5.88 Å². The number of benzene rings is 1. The molecular weight excluding hydrogens is 506 g/mol. The Hall–Kier alpha value is -4.71. The zero-order valence-corrected chi connectivity index (χ0v) is 21.8. The Bertz CT molecular complexity index is 1650. The molecular formula is C26H23N7O4S. The van der Waals surface area contributed by atoms with Gasteiger partial charge in [-0.25, -0.2) is 19.6 Å². The summed E-state index contributed by atoms with van der Waals surface area (Å²) in [5.41, 5.74) is 3.04. The van der Waals surface area contributed by atoms with E-state index in [1.807, 2.05) is 24.3 Å². The van der Waals surface area contributed by atoms with Gasteiger partial charge >= 0.3 is 5.00 Å². The lowest BCUT2D eigenvalue weighted by Gasteiger charge is -2.19. The van der Waals surface area contributed by atoms with Crippen LogP contribution < -0.4 is 10.1 Å². The highest BCUT2D eigenvalue weighted by Crippen LogP contribution is 2.30. The highest BCUT2D eigenvalue weighted by molar-refractivity contribution is 7.17. The summed E-state index contributed by atoms with van der Waals surface area (Å²) in [6.07, 6.45) is 3.16. The van der Waals surface area contributed by atoms with Crippen LogP contribution in [0.3, 0.4) is 0 Å². The number of aromatic nitrogens is 5. The van der Waals surface area contributed by atoms with Crippen LogP contribution in [-0.4, -0.2) is 42.7 Å². The molecule has 0 spiro atoms. The summed E-state index contributed by atoms with van der Waals surface area (Å²) in [5, 5.41) is 18.8. The molecule has 0 saturated heterocycles. The molecule has 0 aliphatic rings. The molecule has 4 heterocycles. The van der Waals surface area contributed by atoms with Crippen LogP contribution in [0, 0.1) is 10.1 Å². The maximum absolute atomic E-state index is 13.0. The number of carbonyl (C=O) groups is 1. The standard InChI is InChI=1S/C26H23N7O4S/c1-26(2,3)16-6-8-17(9-7-16)32-24-18(14-28-32)23(31-25(34)19-10-12-21(38-19)33(35)36)29-22(30-24)15-5-11-20(37-4)27-13-15/h5-14H,1-4H3,(H,29,30,31,34). The van der Waals surface area contributed by atoms with E-state index in [-0.39, 0.29) is 21.1 Å². The second-order valence-electron chi connectivity index (χ2n) is 9.42. The van der Waals surface area contributed by atoms with Gasteiger partial charge in [0, 0.05) is 23.9 Å². The third kappa shape index (κ3) is 4.81. The number of anilines is 1. The van der Waals surface area contributed by atoms with Crippen LogP contribution in [0.25, 0.3) is 28.1 Å². The van der Waals surface area contributed by atoms with Crippen LogP contribution in [-0.2, 0) is 5.41 Å². The fraction of sp³-hybridized carbons (Fsp3) is 0.192. The van der Waals surface area contributed by atoms with Crippen LogP contribution >= 0.6 is 11.3 Å². The first-order valence-corrected chi connectivity index (χ1v) is 12.4. The summed E-state index contributed by atoms with van der Waals surface area (Å²) in [4.78, 5) is 37.3. The minimum Gasteiger partial charge on any atom is -0.481 e. The number of methoxy groups -OCH3 is 1. The Morgan fingerprint density at radius 1 is 1.05 bits per heavy atom. The van der Waals surface area contributed by atoms with Crippen LogP contribution in [0.2, 0.25) is 0 Å². The lowest BCUT2D eigenvalue weighted by molar-refractivity contribution is -0.380. The molecule has 0 bridgehead atoms. The number of nitrogens with zero attached hydrogens (tertiary/aromatic N) is 6. The van der Waals surface area contributed by atoms with E-state index < -0.39 is 10.8 Å². The van der Waals surface area contributed by atoms with Gasteiger partial charge in [0.05, 0.1) is 34.2 Å². The molecule has 38 heavy (non-hydrogen) atoms. The van der Waals surface area contributed by atoms with Crippen molar-refractivity contribution in [2.75, 3.05) is 12.4 Å². The van der Waals surface area contributed by atoms with E-state index in [1.165, 1.54) is 24.8 Å². The second kappa shape index (κ2) is 9.63. The minimum atomic E-state index is -0.534. The fourth-order valence-corrected chi connectivity index (χ4v) is 4.49. The average Bonchev–Trinajstić information content (AvgIpc) is 3.57. The number of hydrogen-bond donors (Lipinski definition) is 1. The molecule has 0 fully saturated rings. The minimum absolute atomic E-state index is 0.00423. The zero-order chi connectivity index (χ0) is 27.0. The van der Waals surface area contributed by atoms with Crippen LogP contribution in [0.1, 0.15) is 36.0 Å². The van der Waals surface area contributed by atoms with Crippen molar-refractivity contribution in [2.24, 2.45) is 0 Å². The first-order chi connectivity index (χ1) is 18.1. The fourth-order valence-electron chi connectivity index (χ4n) is 3.77. The Balaban J connectivity index is 1.61. The van der Waals surface area contributed by atoms with Gasteiger partial charge < -0.3 is 10.1 Å². The number of carbonyl (C=O) groups excluding carboxylic acids is 1. The Kier molecular flexibility index (Phi) is 6.33. The summed E-state index contributed by atoms with van der Waals surface area (Å²) in [7, 11) is 1.52. The van der Waals surface area contributed by atoms with Gasteiger partial charge in [-0.1, -0.05) is 44.2 Å². The molecule has 1 aromatic carbocycles. The molecule has 5 rings (SSSR count). The highest BCUT2D eigenvalue weighted by atomic mass is 32.1. The molecule has 0 saturated carbocycles. The largest absolute Gasteiger partial charge is 0.481 e. The van der Waals surface area contributed by atoms with Gasteiger partial charge in [0.1, 0.15) is 5.82 Å². The summed E-state index contributed by atoms with van der Waals surface area (Å²) in [6, 6.07) is 14.2. The van der Waals surface area contributed by atoms with Crippen molar-refractivity contribution >= 4 is 39.1 Å². The maximum Gasteiger partial charge on any atom is 0.324 e. The summed E-state index contributed by atoms with van der Waals surface area (Å²) in [6.45, 7) is 6.43. The normalized spacial score (nSPS) is 11.5. The van der Waals surface area contributed by atoms with Crippen molar-refractivity contribution < 1.29 is 14.5 Å². The van der Waals surface area contributed by atoms with Gasteiger partial charge in [0.2, 0.25) is 5.88 Å². The summed E-state index contributed by atoms with van der Waals surface area (Å²) >= 11 is 0.784. The van der Waals surface area contributed by atoms with E-state index >= 15 is 0 Å². The zero-order valence-electron chi connectivity index (χ0n) is 21.0. The van der Waals surface area contributed by atoms with Gasteiger partial charge in [-0.05, 0) is 35.2 Å². The molecule has 0 aliphatic heterocycles. The quantitative estimate of drug-likeness (QED) is 0.228. The maximum atomic E-state index is 13.0. The summed E-state index contributed by atoms with van der Waals surface area (Å²) < 4.78 is 6.82. The second-order valence-corrected chi connectivity index (χ2v) is 10.5. The number of hydrogen-bond acceptors (Lipinski definition) is 9. The average molecular weight is 530 g/mol. The number of thiophene rings is 1. The van der Waals surface area contributed by atoms with E-state index in [0.29, 0.717) is 28.3 Å². The van der Waals surface area contributed by atoms with E-state index in [1.54, 1.807) is 29.2 Å². The number of ether oxygens (including phenoxy) is 1. The Morgan fingerprint density at radius 2 is 1.82 bits per heavy atom. The van der Waals surface area contributed by atoms with Crippen molar-refractivity contribution in [3.05, 3.63) is 81.5 Å². The number of rotatable bonds is 6. The van der Waals surface area contributed by atoms with Gasteiger partial charge in [-0.2, -0.15) is 5.10 Å². The van der Waals surface area contributed by atoms with Gasteiger partial charge in [-0.3, -0.25) is 14.9 Å². The molecule has 1 amide bonds. The van der Waals surface area contributed by atoms with Crippen LogP contribution in [0.15, 0.2) is 60.9 Å². The lowest BCUT2D eigenvalue weighted by atomic mass is 9.87. The first kappa shape index (κ1) is 25.0. The number of pyridine rings is 1. The topological polar surface area (TPSA) is 138 Å². The number of fused-ring (bicyclic) bond motifs is 1. The smallest absolute Gasteiger partial charge is 0.324 e. The van der Waals surface area contributed by atoms with Gasteiger partial charge in [0.25, 0.3) is 5.91 Å².